The summed E-state index contributed by atoms with van der Waals surface area (Å²) in [6, 6.07) is 11.7. The number of benzene rings is 2. The number of esters is 1. The van der Waals surface area contributed by atoms with Crippen molar-refractivity contribution in [2.75, 3.05) is 11.9 Å². The number of hydrogen-bond donors (Lipinski definition) is 2. The number of hydrogen-bond acceptors (Lipinski definition) is 4. The highest BCUT2D eigenvalue weighted by Gasteiger charge is 2.34. The smallest absolute Gasteiger partial charge is 0.338 e. The van der Waals surface area contributed by atoms with Crippen LogP contribution in [0.5, 0.6) is 5.75 Å². The minimum Gasteiger partial charge on any atom is -0.487 e. The molecule has 2 aromatic rings. The van der Waals surface area contributed by atoms with Crippen LogP contribution in [0.1, 0.15) is 60.3 Å². The molecule has 1 aliphatic rings. The summed E-state index contributed by atoms with van der Waals surface area (Å²) in [5.41, 5.74) is 4.22. The van der Waals surface area contributed by atoms with Gasteiger partial charge < -0.3 is 20.1 Å². The average molecular weight is 413 g/mol. The maximum atomic E-state index is 12.0. The van der Waals surface area contributed by atoms with Crippen molar-refractivity contribution >= 4 is 29.0 Å². The molecule has 6 heteroatoms. The Morgan fingerprint density at radius 1 is 1.24 bits per heavy atom. The summed E-state index contributed by atoms with van der Waals surface area (Å²) in [5.74, 6) is 0.548. The highest BCUT2D eigenvalue weighted by Crippen LogP contribution is 2.40. The number of aryl methyl sites for hydroxylation is 2. The van der Waals surface area contributed by atoms with Gasteiger partial charge in [0, 0.05) is 17.7 Å². The molecule has 1 aliphatic heterocycles. The van der Waals surface area contributed by atoms with Gasteiger partial charge in [0.25, 0.3) is 0 Å². The third-order valence-corrected chi connectivity index (χ3v) is 5.15. The van der Waals surface area contributed by atoms with E-state index in [0.717, 1.165) is 34.5 Å². The van der Waals surface area contributed by atoms with E-state index in [1.807, 2.05) is 13.0 Å². The molecule has 0 unspecified atom stereocenters. The van der Waals surface area contributed by atoms with E-state index in [4.69, 9.17) is 21.7 Å². The Hall–Kier alpha value is -2.60. The number of anilines is 1. The topological polar surface area (TPSA) is 59.6 Å². The van der Waals surface area contributed by atoms with Crippen LogP contribution in [0.2, 0.25) is 0 Å². The standard InChI is InChI=1S/C23H28N2O3S/c1-6-27-21(26)16-9-8-15(3)18(12-16)24-22(29)25-19-13-23(4,5)28-20-11-14(2)7-10-17(19)20/h7-12,19H,6,13H2,1-5H3,(H2,24,25,29)/t19-/m0/s1. The van der Waals surface area contributed by atoms with Crippen molar-refractivity contribution in [1.82, 2.24) is 5.32 Å². The Labute approximate surface area is 177 Å². The first-order valence-corrected chi connectivity index (χ1v) is 10.2. The normalized spacial score (nSPS) is 16.9. The zero-order valence-electron chi connectivity index (χ0n) is 17.6. The van der Waals surface area contributed by atoms with Crippen molar-refractivity contribution in [1.29, 1.82) is 0 Å². The molecule has 0 saturated heterocycles. The Bertz CT molecular complexity index is 940. The molecule has 1 heterocycles. The SMILES string of the molecule is CCOC(=O)c1ccc(C)c(NC(=S)N[C@H]2CC(C)(C)Oc3cc(C)ccc32)c1. The molecule has 0 saturated carbocycles. The van der Waals surface area contributed by atoms with Crippen LogP contribution in [0.25, 0.3) is 0 Å². The summed E-state index contributed by atoms with van der Waals surface area (Å²) in [6.07, 6.45) is 0.784. The van der Waals surface area contributed by atoms with Crippen molar-refractivity contribution in [3.8, 4) is 5.75 Å². The number of carbonyl (C=O) groups is 1. The second-order valence-corrected chi connectivity index (χ2v) is 8.42. The number of fused-ring (bicyclic) bond motifs is 1. The van der Waals surface area contributed by atoms with Gasteiger partial charge in [-0.15, -0.1) is 0 Å². The maximum Gasteiger partial charge on any atom is 0.338 e. The number of ether oxygens (including phenoxy) is 2. The Kier molecular flexibility index (Phi) is 6.13. The number of thiocarbonyl (C=S) groups is 1. The molecule has 0 bridgehead atoms. The predicted molar refractivity (Wildman–Crippen MR) is 120 cm³/mol. The van der Waals surface area contributed by atoms with Gasteiger partial charge in [-0.1, -0.05) is 18.2 Å². The van der Waals surface area contributed by atoms with E-state index < -0.39 is 0 Å². The van der Waals surface area contributed by atoms with Crippen LogP contribution in [-0.4, -0.2) is 23.3 Å². The van der Waals surface area contributed by atoms with Crippen molar-refractivity contribution in [2.45, 2.75) is 52.7 Å². The van der Waals surface area contributed by atoms with Gasteiger partial charge in [0.05, 0.1) is 18.2 Å². The second-order valence-electron chi connectivity index (χ2n) is 8.01. The lowest BCUT2D eigenvalue weighted by molar-refractivity contribution is 0.0526. The van der Waals surface area contributed by atoms with E-state index >= 15 is 0 Å². The Balaban J connectivity index is 1.78. The van der Waals surface area contributed by atoms with Crippen molar-refractivity contribution < 1.29 is 14.3 Å². The number of carbonyl (C=O) groups excluding carboxylic acids is 1. The lowest BCUT2D eigenvalue weighted by Crippen LogP contribution is -2.42. The van der Waals surface area contributed by atoms with Gasteiger partial charge in [-0.25, -0.2) is 4.79 Å². The van der Waals surface area contributed by atoms with Gasteiger partial charge >= 0.3 is 5.97 Å². The van der Waals surface area contributed by atoms with Gasteiger partial charge in [-0.2, -0.15) is 0 Å². The third-order valence-electron chi connectivity index (χ3n) is 4.93. The lowest BCUT2D eigenvalue weighted by atomic mass is 9.89. The zero-order valence-corrected chi connectivity index (χ0v) is 18.4. The molecule has 0 spiro atoms. The largest absolute Gasteiger partial charge is 0.487 e. The summed E-state index contributed by atoms with van der Waals surface area (Å²) in [7, 11) is 0. The minimum absolute atomic E-state index is 0.0305. The van der Waals surface area contributed by atoms with E-state index in [-0.39, 0.29) is 17.6 Å². The molecule has 0 amide bonds. The van der Waals surface area contributed by atoms with Gasteiger partial charge in [0.2, 0.25) is 0 Å². The molecule has 5 nitrogen and oxygen atoms in total. The van der Waals surface area contributed by atoms with Crippen molar-refractivity contribution in [3.63, 3.8) is 0 Å². The summed E-state index contributed by atoms with van der Waals surface area (Å²) in [4.78, 5) is 12.0. The van der Waals surface area contributed by atoms with Gasteiger partial charge in [-0.3, -0.25) is 0 Å². The summed E-state index contributed by atoms with van der Waals surface area (Å²) >= 11 is 5.59. The summed E-state index contributed by atoms with van der Waals surface area (Å²) < 4.78 is 11.3. The molecule has 2 N–H and O–H groups in total. The van der Waals surface area contributed by atoms with Crippen LogP contribution in [0.4, 0.5) is 5.69 Å². The van der Waals surface area contributed by atoms with Crippen LogP contribution in [-0.2, 0) is 4.74 Å². The van der Waals surface area contributed by atoms with Crippen LogP contribution in [0.3, 0.4) is 0 Å². The van der Waals surface area contributed by atoms with Crippen LogP contribution in [0, 0.1) is 13.8 Å². The third kappa shape index (κ3) is 5.07. The molecule has 0 aliphatic carbocycles. The fourth-order valence-electron chi connectivity index (χ4n) is 3.50. The van der Waals surface area contributed by atoms with Crippen molar-refractivity contribution in [3.05, 3.63) is 58.7 Å². The summed E-state index contributed by atoms with van der Waals surface area (Å²) in [5, 5.41) is 7.16. The van der Waals surface area contributed by atoms with Crippen molar-refractivity contribution in [2.24, 2.45) is 0 Å². The highest BCUT2D eigenvalue weighted by atomic mass is 32.1. The summed E-state index contributed by atoms with van der Waals surface area (Å²) in [6.45, 7) is 10.3. The molecule has 3 rings (SSSR count). The zero-order chi connectivity index (χ0) is 21.2. The Morgan fingerprint density at radius 2 is 2.00 bits per heavy atom. The average Bonchev–Trinajstić information content (AvgIpc) is 2.62. The quantitative estimate of drug-likeness (QED) is 0.540. The van der Waals surface area contributed by atoms with Gasteiger partial charge in [-0.05, 0) is 76.2 Å². The van der Waals surface area contributed by atoms with E-state index in [1.54, 1.807) is 19.1 Å². The second kappa shape index (κ2) is 8.41. The van der Waals surface area contributed by atoms with E-state index in [2.05, 4.69) is 49.6 Å². The molecule has 154 valence electrons. The predicted octanol–water partition coefficient (Wildman–Crippen LogP) is 5.07. The van der Waals surface area contributed by atoms with Gasteiger partial charge in [0.15, 0.2) is 5.11 Å². The maximum absolute atomic E-state index is 12.0. The lowest BCUT2D eigenvalue weighted by Gasteiger charge is -2.38. The first-order valence-electron chi connectivity index (χ1n) is 9.83. The first-order chi connectivity index (χ1) is 13.7. The fraction of sp³-hybridized carbons (Fsp3) is 0.391. The van der Waals surface area contributed by atoms with Crippen LogP contribution >= 0.6 is 12.2 Å². The van der Waals surface area contributed by atoms with Gasteiger partial charge in [0.1, 0.15) is 11.4 Å². The molecule has 0 fully saturated rings. The highest BCUT2D eigenvalue weighted by molar-refractivity contribution is 7.80. The van der Waals surface area contributed by atoms with Crippen LogP contribution in [0.15, 0.2) is 36.4 Å². The number of nitrogens with one attached hydrogen (secondary N) is 2. The molecule has 1 atom stereocenters. The Morgan fingerprint density at radius 3 is 2.72 bits per heavy atom. The van der Waals surface area contributed by atoms with E-state index in [1.165, 1.54) is 0 Å². The molecule has 29 heavy (non-hydrogen) atoms. The minimum atomic E-state index is -0.343. The van der Waals surface area contributed by atoms with Crippen LogP contribution < -0.4 is 15.4 Å². The molecular formula is C23H28N2O3S. The van der Waals surface area contributed by atoms with E-state index in [0.29, 0.717) is 17.3 Å². The first kappa shape index (κ1) is 21.1. The molecular weight excluding hydrogens is 384 g/mol. The molecule has 0 radical (unpaired) electrons. The fourth-order valence-corrected chi connectivity index (χ4v) is 3.75. The monoisotopic (exact) mass is 412 g/mol. The van der Waals surface area contributed by atoms with E-state index in [9.17, 15) is 4.79 Å². The molecule has 0 aromatic heterocycles. The number of rotatable bonds is 4. The molecule has 2 aromatic carbocycles.